The zero-order chi connectivity index (χ0) is 15.2. The lowest BCUT2D eigenvalue weighted by Crippen LogP contribution is -2.39. The molecule has 1 aliphatic rings. The highest BCUT2D eigenvalue weighted by Crippen LogP contribution is 2.22. The summed E-state index contributed by atoms with van der Waals surface area (Å²) in [5.41, 5.74) is 0. The maximum absolute atomic E-state index is 12.3. The molecule has 0 atom stereocenters. The number of hydrogen-bond donors (Lipinski definition) is 0. The van der Waals surface area contributed by atoms with Crippen molar-refractivity contribution in [2.75, 3.05) is 18.8 Å². The largest absolute Gasteiger partial charge is 0.343 e. The fraction of sp³-hybridized carbons (Fsp3) is 0.438. The van der Waals surface area contributed by atoms with Crippen LogP contribution < -0.4 is 0 Å². The quantitative estimate of drug-likeness (QED) is 0.796. The highest BCUT2D eigenvalue weighted by molar-refractivity contribution is 7.99. The molecular formula is C16H20N4OS. The molecule has 1 amide bonds. The van der Waals surface area contributed by atoms with Gasteiger partial charge in [0.05, 0.1) is 18.4 Å². The van der Waals surface area contributed by atoms with E-state index in [4.69, 9.17) is 0 Å². The third kappa shape index (κ3) is 3.88. The molecule has 3 rings (SSSR count). The summed E-state index contributed by atoms with van der Waals surface area (Å²) in [5.74, 6) is 1.10. The van der Waals surface area contributed by atoms with Gasteiger partial charge in [-0.2, -0.15) is 15.0 Å². The zero-order valence-corrected chi connectivity index (χ0v) is 13.3. The fourth-order valence-corrected chi connectivity index (χ4v) is 3.55. The molecular weight excluding hydrogens is 296 g/mol. The molecule has 0 aliphatic carbocycles. The minimum atomic E-state index is 0.260. The first-order valence-corrected chi connectivity index (χ1v) is 8.63. The van der Waals surface area contributed by atoms with Crippen molar-refractivity contribution in [1.82, 2.24) is 19.9 Å². The minimum Gasteiger partial charge on any atom is -0.343 e. The molecule has 0 N–H and O–H groups in total. The van der Waals surface area contributed by atoms with E-state index in [2.05, 4.69) is 22.3 Å². The minimum absolute atomic E-state index is 0.260. The number of benzene rings is 1. The molecule has 0 radical (unpaired) electrons. The van der Waals surface area contributed by atoms with Gasteiger partial charge in [0.25, 0.3) is 0 Å². The van der Waals surface area contributed by atoms with Gasteiger partial charge in [0.2, 0.25) is 5.91 Å². The smallest absolute Gasteiger partial charge is 0.223 e. The first kappa shape index (κ1) is 15.1. The maximum atomic E-state index is 12.3. The summed E-state index contributed by atoms with van der Waals surface area (Å²) < 4.78 is 0. The van der Waals surface area contributed by atoms with Crippen molar-refractivity contribution < 1.29 is 4.79 Å². The molecule has 1 aromatic heterocycles. The molecule has 0 spiro atoms. The van der Waals surface area contributed by atoms with E-state index in [1.165, 1.54) is 4.90 Å². The molecule has 5 nitrogen and oxygen atoms in total. The van der Waals surface area contributed by atoms with E-state index in [0.717, 1.165) is 31.7 Å². The van der Waals surface area contributed by atoms with Crippen molar-refractivity contribution in [2.45, 2.75) is 30.2 Å². The second-order valence-corrected chi connectivity index (χ2v) is 6.54. The van der Waals surface area contributed by atoms with Gasteiger partial charge in [-0.15, -0.1) is 11.8 Å². The van der Waals surface area contributed by atoms with Gasteiger partial charge in [-0.25, -0.2) is 0 Å². The van der Waals surface area contributed by atoms with Crippen LogP contribution in [0.4, 0.5) is 0 Å². The van der Waals surface area contributed by atoms with Crippen LogP contribution in [0, 0.1) is 0 Å². The molecule has 2 aromatic rings. The van der Waals surface area contributed by atoms with Crippen molar-refractivity contribution in [1.29, 1.82) is 0 Å². The summed E-state index contributed by atoms with van der Waals surface area (Å²) in [7, 11) is 0. The van der Waals surface area contributed by atoms with Crippen LogP contribution in [0.15, 0.2) is 47.6 Å². The van der Waals surface area contributed by atoms with Crippen LogP contribution in [-0.2, 0) is 4.79 Å². The summed E-state index contributed by atoms with van der Waals surface area (Å²) in [5, 5.41) is 8.38. The number of piperidine rings is 1. The average Bonchev–Trinajstić information content (AvgIpc) is 3.10. The van der Waals surface area contributed by atoms with Gasteiger partial charge in [-0.3, -0.25) is 4.79 Å². The SMILES string of the molecule is O=C(CCSc1ccccc1)N1CCC(n2nccn2)CC1. The molecule has 0 saturated carbocycles. The Balaban J connectivity index is 1.40. The van der Waals surface area contributed by atoms with Crippen molar-refractivity contribution in [3.63, 3.8) is 0 Å². The van der Waals surface area contributed by atoms with Crippen molar-refractivity contribution >= 4 is 17.7 Å². The van der Waals surface area contributed by atoms with E-state index < -0.39 is 0 Å². The fourth-order valence-electron chi connectivity index (χ4n) is 2.69. The Morgan fingerprint density at radius 2 is 1.82 bits per heavy atom. The summed E-state index contributed by atoms with van der Waals surface area (Å²) in [4.78, 5) is 17.2. The van der Waals surface area contributed by atoms with Crippen LogP contribution >= 0.6 is 11.8 Å². The first-order chi connectivity index (χ1) is 10.8. The van der Waals surface area contributed by atoms with Crippen LogP contribution in [0.5, 0.6) is 0 Å². The van der Waals surface area contributed by atoms with E-state index in [1.54, 1.807) is 29.0 Å². The predicted molar refractivity (Wildman–Crippen MR) is 86.7 cm³/mol. The number of carbonyl (C=O) groups is 1. The summed E-state index contributed by atoms with van der Waals surface area (Å²) in [6.45, 7) is 1.61. The number of aromatic nitrogens is 3. The monoisotopic (exact) mass is 316 g/mol. The van der Waals surface area contributed by atoms with Crippen molar-refractivity contribution in [3.8, 4) is 0 Å². The van der Waals surface area contributed by atoms with Crippen LogP contribution in [0.25, 0.3) is 0 Å². The molecule has 1 aliphatic heterocycles. The van der Waals surface area contributed by atoms with Crippen LogP contribution in [-0.4, -0.2) is 44.6 Å². The van der Waals surface area contributed by atoms with E-state index in [1.807, 2.05) is 23.1 Å². The number of hydrogen-bond acceptors (Lipinski definition) is 4. The maximum Gasteiger partial charge on any atom is 0.223 e. The highest BCUT2D eigenvalue weighted by Gasteiger charge is 2.24. The zero-order valence-electron chi connectivity index (χ0n) is 12.5. The number of thioether (sulfide) groups is 1. The van der Waals surface area contributed by atoms with Gasteiger partial charge in [0.1, 0.15) is 0 Å². The van der Waals surface area contributed by atoms with Gasteiger partial charge in [0, 0.05) is 30.2 Å². The lowest BCUT2D eigenvalue weighted by Gasteiger charge is -2.31. The Bertz CT molecular complexity index is 579. The topological polar surface area (TPSA) is 51.0 Å². The molecule has 1 fully saturated rings. The Labute approximate surface area is 134 Å². The number of amides is 1. The van der Waals surface area contributed by atoms with Crippen molar-refractivity contribution in [2.24, 2.45) is 0 Å². The first-order valence-electron chi connectivity index (χ1n) is 7.64. The Kier molecular flexibility index (Phi) is 5.11. The average molecular weight is 316 g/mol. The molecule has 22 heavy (non-hydrogen) atoms. The summed E-state index contributed by atoms with van der Waals surface area (Å²) in [6.07, 6.45) is 5.89. The molecule has 1 saturated heterocycles. The highest BCUT2D eigenvalue weighted by atomic mass is 32.2. The van der Waals surface area contributed by atoms with Crippen LogP contribution in [0.1, 0.15) is 25.3 Å². The molecule has 0 bridgehead atoms. The van der Waals surface area contributed by atoms with Gasteiger partial charge in [0.15, 0.2) is 0 Å². The van der Waals surface area contributed by atoms with Gasteiger partial charge in [-0.1, -0.05) is 18.2 Å². The second kappa shape index (κ2) is 7.45. The van der Waals surface area contributed by atoms with Crippen molar-refractivity contribution in [3.05, 3.63) is 42.7 Å². The van der Waals surface area contributed by atoms with E-state index in [9.17, 15) is 4.79 Å². The van der Waals surface area contributed by atoms with E-state index in [-0.39, 0.29) is 5.91 Å². The van der Waals surface area contributed by atoms with Gasteiger partial charge < -0.3 is 4.90 Å². The molecule has 2 heterocycles. The number of nitrogens with zero attached hydrogens (tertiary/aromatic N) is 4. The van der Waals surface area contributed by atoms with E-state index in [0.29, 0.717) is 12.5 Å². The number of carbonyl (C=O) groups excluding carboxylic acids is 1. The number of likely N-dealkylation sites (tertiary alicyclic amines) is 1. The molecule has 1 aromatic carbocycles. The summed E-state index contributed by atoms with van der Waals surface area (Å²) in [6, 6.07) is 10.6. The Morgan fingerprint density at radius 1 is 1.14 bits per heavy atom. The summed E-state index contributed by atoms with van der Waals surface area (Å²) >= 11 is 1.74. The molecule has 6 heteroatoms. The normalized spacial score (nSPS) is 15.9. The van der Waals surface area contributed by atoms with Gasteiger partial charge >= 0.3 is 0 Å². The van der Waals surface area contributed by atoms with Crippen LogP contribution in [0.2, 0.25) is 0 Å². The Hall–Kier alpha value is -1.82. The lowest BCUT2D eigenvalue weighted by atomic mass is 10.1. The molecule has 116 valence electrons. The third-order valence-electron chi connectivity index (χ3n) is 3.91. The standard InChI is InChI=1S/C16H20N4OS/c21-16(8-13-22-15-4-2-1-3-5-15)19-11-6-14(7-12-19)20-17-9-10-18-20/h1-5,9-10,14H,6-8,11-13H2. The number of rotatable bonds is 5. The lowest BCUT2D eigenvalue weighted by molar-refractivity contribution is -0.132. The second-order valence-electron chi connectivity index (χ2n) is 5.37. The van der Waals surface area contributed by atoms with Crippen LogP contribution in [0.3, 0.4) is 0 Å². The molecule has 0 unspecified atom stereocenters. The Morgan fingerprint density at radius 3 is 2.50 bits per heavy atom. The predicted octanol–water partition coefficient (Wildman–Crippen LogP) is 2.62. The van der Waals surface area contributed by atoms with Gasteiger partial charge in [-0.05, 0) is 25.0 Å². The van der Waals surface area contributed by atoms with E-state index >= 15 is 0 Å². The third-order valence-corrected chi connectivity index (χ3v) is 4.92.